The molecule has 4 aromatic rings. The van der Waals surface area contributed by atoms with E-state index in [1.807, 2.05) is 67.0 Å². The lowest BCUT2D eigenvalue weighted by Gasteiger charge is -2.08. The molecule has 0 aliphatic rings. The second-order valence-electron chi connectivity index (χ2n) is 6.78. The topological polar surface area (TPSA) is 114 Å². The molecule has 170 valence electrons. The Labute approximate surface area is 201 Å². The van der Waals surface area contributed by atoms with Crippen molar-refractivity contribution in [2.24, 2.45) is 0 Å². The number of halogens is 1. The molecule has 0 bridgehead atoms. The smallest absolute Gasteiger partial charge is 0.441 e. The van der Waals surface area contributed by atoms with Crippen LogP contribution in [-0.2, 0) is 4.79 Å². The van der Waals surface area contributed by atoms with Gasteiger partial charge in [-0.25, -0.2) is 4.57 Å². The minimum absolute atomic E-state index is 0. The van der Waals surface area contributed by atoms with Gasteiger partial charge < -0.3 is 16.1 Å². The van der Waals surface area contributed by atoms with Crippen molar-refractivity contribution in [3.05, 3.63) is 109 Å². The number of carbonyl (C=O) groups is 1. The van der Waals surface area contributed by atoms with E-state index in [0.717, 1.165) is 16.8 Å². The number of anilines is 3. The molecule has 1 aromatic carbocycles. The number of carbonyl (C=O) groups excluding carboxylic acids is 1. The number of aromatic nitrogens is 4. The summed E-state index contributed by atoms with van der Waals surface area (Å²) in [4.78, 5) is 23.7. The van der Waals surface area contributed by atoms with Gasteiger partial charge in [0.25, 0.3) is 0 Å². The van der Waals surface area contributed by atoms with Crippen LogP contribution in [-0.4, -0.2) is 26.7 Å². The third kappa shape index (κ3) is 6.10. The zero-order chi connectivity index (χ0) is 22.9. The summed E-state index contributed by atoms with van der Waals surface area (Å²) >= 11 is 6.59. The summed E-state index contributed by atoms with van der Waals surface area (Å²) in [5.41, 5.74) is 2.96. The second-order valence-corrected chi connectivity index (χ2v) is 7.16. The van der Waals surface area contributed by atoms with Crippen LogP contribution in [0.5, 0.6) is 0 Å². The highest BCUT2D eigenvalue weighted by atomic mass is 35.5. The molecule has 4 rings (SSSR count). The average molecular weight is 473 g/mol. The first-order chi connectivity index (χ1) is 16.2. The fraction of sp³-hybridized carbons (Fsp3) is 0. The SMILES string of the molecule is O=C/C=C/C=C/Nc1nc(-[n+]2ccc(-c3ccncc3)cc2)nc(Nc2ccccc2)c1Cl.[OH-]. The summed E-state index contributed by atoms with van der Waals surface area (Å²) in [6, 6.07) is 17.5. The maximum atomic E-state index is 10.4. The number of aldehydes is 1. The summed E-state index contributed by atoms with van der Waals surface area (Å²) in [5, 5.41) is 6.63. The Morgan fingerprint density at radius 2 is 1.50 bits per heavy atom. The monoisotopic (exact) mass is 472 g/mol. The van der Waals surface area contributed by atoms with Crippen LogP contribution in [0.25, 0.3) is 17.1 Å². The molecule has 3 N–H and O–H groups in total. The second kappa shape index (κ2) is 12.0. The van der Waals surface area contributed by atoms with Crippen LogP contribution in [0.2, 0.25) is 5.02 Å². The van der Waals surface area contributed by atoms with E-state index in [1.54, 1.807) is 35.3 Å². The van der Waals surface area contributed by atoms with Crippen molar-refractivity contribution in [1.29, 1.82) is 0 Å². The first-order valence-electron chi connectivity index (χ1n) is 10.1. The molecule has 0 saturated heterocycles. The maximum absolute atomic E-state index is 10.4. The van der Waals surface area contributed by atoms with Crippen LogP contribution in [0.15, 0.2) is 104 Å². The highest BCUT2D eigenvalue weighted by Gasteiger charge is 2.22. The standard InChI is InChI=1S/C25H19ClN6O.H2O/c26-22-23(28-13-5-2-6-18-33)30-25(31-24(22)29-21-7-3-1-4-8-21)32-16-11-20(12-17-32)19-9-14-27-15-10-19;/h1-18H,(H-,28,29,30,31,33);1H2. The Balaban J connectivity index is 0.00000324. The van der Waals surface area contributed by atoms with Gasteiger partial charge in [0.05, 0.1) is 12.4 Å². The summed E-state index contributed by atoms with van der Waals surface area (Å²) < 4.78 is 1.80. The molecule has 0 fully saturated rings. The van der Waals surface area contributed by atoms with Gasteiger partial charge >= 0.3 is 5.95 Å². The van der Waals surface area contributed by atoms with Crippen molar-refractivity contribution < 1.29 is 14.8 Å². The van der Waals surface area contributed by atoms with Crippen molar-refractivity contribution in [2.45, 2.75) is 0 Å². The Bertz CT molecular complexity index is 1280. The van der Waals surface area contributed by atoms with Crippen LogP contribution in [0, 0.1) is 0 Å². The van der Waals surface area contributed by atoms with Crippen molar-refractivity contribution in [3.63, 3.8) is 0 Å². The molecule has 8 nitrogen and oxygen atoms in total. The largest absolute Gasteiger partial charge is 0.870 e. The molecule has 0 atom stereocenters. The third-order valence-corrected chi connectivity index (χ3v) is 4.93. The van der Waals surface area contributed by atoms with Crippen molar-refractivity contribution >= 4 is 35.2 Å². The Morgan fingerprint density at radius 1 is 0.824 bits per heavy atom. The maximum Gasteiger partial charge on any atom is 0.441 e. The van der Waals surface area contributed by atoms with E-state index in [-0.39, 0.29) is 5.48 Å². The van der Waals surface area contributed by atoms with Crippen LogP contribution < -0.4 is 15.2 Å². The number of rotatable bonds is 8. The zero-order valence-electron chi connectivity index (χ0n) is 17.9. The van der Waals surface area contributed by atoms with Crippen LogP contribution in [0.4, 0.5) is 17.3 Å². The lowest BCUT2D eigenvalue weighted by Crippen LogP contribution is -2.32. The van der Waals surface area contributed by atoms with Crippen LogP contribution in [0.1, 0.15) is 0 Å². The molecule has 0 aliphatic carbocycles. The van der Waals surface area contributed by atoms with Gasteiger partial charge in [0.15, 0.2) is 5.02 Å². The van der Waals surface area contributed by atoms with Crippen molar-refractivity contribution in [3.8, 4) is 17.1 Å². The number of para-hydroxylation sites is 1. The number of nitrogens with zero attached hydrogens (tertiary/aromatic N) is 4. The minimum atomic E-state index is 0. The van der Waals surface area contributed by atoms with Gasteiger partial charge in [0.2, 0.25) is 11.6 Å². The molecule has 3 heterocycles. The predicted molar refractivity (Wildman–Crippen MR) is 131 cm³/mol. The predicted octanol–water partition coefficient (Wildman–Crippen LogP) is 4.72. The molecule has 34 heavy (non-hydrogen) atoms. The van der Waals surface area contributed by atoms with E-state index in [0.29, 0.717) is 28.9 Å². The molecular formula is C25H21ClN6O2. The average Bonchev–Trinajstić information content (AvgIpc) is 2.87. The normalized spacial score (nSPS) is 10.7. The van der Waals surface area contributed by atoms with Crippen molar-refractivity contribution in [2.75, 3.05) is 10.6 Å². The zero-order valence-corrected chi connectivity index (χ0v) is 18.7. The first-order valence-corrected chi connectivity index (χ1v) is 10.5. The highest BCUT2D eigenvalue weighted by molar-refractivity contribution is 6.35. The summed E-state index contributed by atoms with van der Waals surface area (Å²) in [6.45, 7) is 0. The Hall–Kier alpha value is -4.40. The number of pyridine rings is 2. The molecule has 0 aliphatic heterocycles. The molecule has 0 saturated carbocycles. The van der Waals surface area contributed by atoms with E-state index in [1.165, 1.54) is 6.08 Å². The highest BCUT2D eigenvalue weighted by Crippen LogP contribution is 2.29. The number of benzene rings is 1. The summed E-state index contributed by atoms with van der Waals surface area (Å²) in [7, 11) is 0. The van der Waals surface area contributed by atoms with E-state index < -0.39 is 0 Å². The fourth-order valence-electron chi connectivity index (χ4n) is 2.98. The quantitative estimate of drug-likeness (QED) is 0.165. The van der Waals surface area contributed by atoms with E-state index in [9.17, 15) is 4.79 Å². The number of allylic oxidation sites excluding steroid dienone is 3. The number of hydrogen-bond acceptors (Lipinski definition) is 7. The molecule has 0 amide bonds. The van der Waals surface area contributed by atoms with Gasteiger partial charge in [-0.2, -0.15) is 0 Å². The lowest BCUT2D eigenvalue weighted by atomic mass is 10.1. The van der Waals surface area contributed by atoms with Gasteiger partial charge in [-0.15, -0.1) is 0 Å². The van der Waals surface area contributed by atoms with E-state index in [2.05, 4.69) is 25.6 Å². The van der Waals surface area contributed by atoms with Gasteiger partial charge in [0.1, 0.15) is 6.29 Å². The Morgan fingerprint density at radius 3 is 2.21 bits per heavy atom. The lowest BCUT2D eigenvalue weighted by molar-refractivity contribution is -0.603. The minimum Gasteiger partial charge on any atom is -0.870 e. The third-order valence-electron chi connectivity index (χ3n) is 4.57. The molecule has 0 radical (unpaired) electrons. The van der Waals surface area contributed by atoms with Gasteiger partial charge in [0, 0.05) is 24.3 Å². The van der Waals surface area contributed by atoms with Crippen LogP contribution in [0.3, 0.4) is 0 Å². The molecule has 0 unspecified atom stereocenters. The molecular weight excluding hydrogens is 452 g/mol. The molecule has 3 aromatic heterocycles. The molecule has 9 heteroatoms. The number of hydrogen-bond donors (Lipinski definition) is 2. The van der Waals surface area contributed by atoms with Gasteiger partial charge in [-0.3, -0.25) is 9.78 Å². The fourth-order valence-corrected chi connectivity index (χ4v) is 3.16. The summed E-state index contributed by atoms with van der Waals surface area (Å²) in [6.07, 6.45) is 14.3. The van der Waals surface area contributed by atoms with Crippen molar-refractivity contribution in [1.82, 2.24) is 15.0 Å². The van der Waals surface area contributed by atoms with Gasteiger partial charge in [-0.05, 0) is 69.6 Å². The summed E-state index contributed by atoms with van der Waals surface area (Å²) in [5.74, 6) is 1.30. The first kappa shape index (κ1) is 24.2. The van der Waals surface area contributed by atoms with Crippen LogP contribution >= 0.6 is 11.6 Å². The molecule has 0 spiro atoms. The number of nitrogens with one attached hydrogen (secondary N) is 2. The van der Waals surface area contributed by atoms with E-state index >= 15 is 0 Å². The van der Waals surface area contributed by atoms with E-state index in [4.69, 9.17) is 11.6 Å². The van der Waals surface area contributed by atoms with Gasteiger partial charge in [-0.1, -0.05) is 35.9 Å². The Kier molecular flexibility index (Phi) is 8.56.